The van der Waals surface area contributed by atoms with Gasteiger partial charge in [-0.15, -0.1) is 6.58 Å². The molecule has 0 aliphatic carbocycles. The Hall–Kier alpha value is -1.08. The molecule has 1 aromatic rings. The Morgan fingerprint density at radius 1 is 1.38 bits per heavy atom. The summed E-state index contributed by atoms with van der Waals surface area (Å²) in [6.45, 7) is 7.54. The van der Waals surface area contributed by atoms with E-state index >= 15 is 0 Å². The molecule has 0 aromatic heterocycles. The standard InChI is InChI=1S/C12H16O/c1-4-12(3,10(2)13)11-8-6-5-7-9-11/h4-10,13H,1H2,2-3H3. The van der Waals surface area contributed by atoms with Crippen molar-refractivity contribution in [2.24, 2.45) is 0 Å². The van der Waals surface area contributed by atoms with Crippen LogP contribution in [0.3, 0.4) is 0 Å². The minimum absolute atomic E-state index is 0.346. The maximum atomic E-state index is 9.65. The first-order chi connectivity index (χ1) is 6.11. The molecule has 0 heterocycles. The van der Waals surface area contributed by atoms with Crippen LogP contribution in [0.4, 0.5) is 0 Å². The van der Waals surface area contributed by atoms with E-state index in [1.54, 1.807) is 13.0 Å². The van der Waals surface area contributed by atoms with E-state index in [0.29, 0.717) is 0 Å². The quantitative estimate of drug-likeness (QED) is 0.702. The van der Waals surface area contributed by atoms with Gasteiger partial charge >= 0.3 is 0 Å². The highest BCUT2D eigenvalue weighted by molar-refractivity contribution is 5.30. The number of aliphatic hydroxyl groups is 1. The molecule has 0 spiro atoms. The molecule has 2 unspecified atom stereocenters. The van der Waals surface area contributed by atoms with E-state index in [0.717, 1.165) is 5.56 Å². The zero-order valence-electron chi connectivity index (χ0n) is 8.20. The summed E-state index contributed by atoms with van der Waals surface area (Å²) in [7, 11) is 0. The van der Waals surface area contributed by atoms with Gasteiger partial charge in [0, 0.05) is 5.41 Å². The van der Waals surface area contributed by atoms with Crippen molar-refractivity contribution in [2.75, 3.05) is 0 Å². The summed E-state index contributed by atoms with van der Waals surface area (Å²) in [5.41, 5.74) is 0.751. The first kappa shape index (κ1) is 10.0. The number of aliphatic hydroxyl groups excluding tert-OH is 1. The third-order valence-corrected chi connectivity index (χ3v) is 2.69. The molecule has 1 aromatic carbocycles. The van der Waals surface area contributed by atoms with Gasteiger partial charge in [0.15, 0.2) is 0 Å². The second-order valence-corrected chi connectivity index (χ2v) is 3.53. The normalized spacial score (nSPS) is 17.5. The van der Waals surface area contributed by atoms with E-state index in [1.807, 2.05) is 37.3 Å². The summed E-state index contributed by atoms with van der Waals surface area (Å²) >= 11 is 0. The minimum atomic E-state index is -0.424. The van der Waals surface area contributed by atoms with Gasteiger partial charge in [0.05, 0.1) is 6.10 Å². The fourth-order valence-corrected chi connectivity index (χ4v) is 1.33. The Labute approximate surface area is 79.7 Å². The maximum Gasteiger partial charge on any atom is 0.0640 e. The second kappa shape index (κ2) is 3.75. The molecule has 1 N–H and O–H groups in total. The van der Waals surface area contributed by atoms with Crippen LogP contribution in [0.2, 0.25) is 0 Å². The highest BCUT2D eigenvalue weighted by Crippen LogP contribution is 2.28. The molecule has 0 aliphatic rings. The summed E-state index contributed by atoms with van der Waals surface area (Å²) < 4.78 is 0. The SMILES string of the molecule is C=CC(C)(c1ccccc1)C(C)O. The Kier molecular flexibility index (Phi) is 2.89. The van der Waals surface area contributed by atoms with Gasteiger partial charge in [-0.3, -0.25) is 0 Å². The molecule has 0 bridgehead atoms. The summed E-state index contributed by atoms with van der Waals surface area (Å²) in [5, 5.41) is 9.65. The van der Waals surface area contributed by atoms with Gasteiger partial charge in [-0.2, -0.15) is 0 Å². The van der Waals surface area contributed by atoms with E-state index in [2.05, 4.69) is 6.58 Å². The van der Waals surface area contributed by atoms with Crippen molar-refractivity contribution in [3.8, 4) is 0 Å². The molecule has 0 radical (unpaired) electrons. The second-order valence-electron chi connectivity index (χ2n) is 3.53. The van der Waals surface area contributed by atoms with E-state index in [1.165, 1.54) is 0 Å². The molecule has 0 fully saturated rings. The Morgan fingerprint density at radius 3 is 2.31 bits per heavy atom. The van der Waals surface area contributed by atoms with Crippen LogP contribution in [0.15, 0.2) is 43.0 Å². The van der Waals surface area contributed by atoms with E-state index < -0.39 is 6.10 Å². The van der Waals surface area contributed by atoms with Crippen molar-refractivity contribution >= 4 is 0 Å². The molecule has 0 saturated carbocycles. The third kappa shape index (κ3) is 1.81. The molecule has 1 heteroatoms. The topological polar surface area (TPSA) is 20.2 Å². The fourth-order valence-electron chi connectivity index (χ4n) is 1.33. The minimum Gasteiger partial charge on any atom is -0.392 e. The lowest BCUT2D eigenvalue weighted by atomic mass is 9.78. The lowest BCUT2D eigenvalue weighted by molar-refractivity contribution is 0.133. The summed E-state index contributed by atoms with van der Waals surface area (Å²) in [5.74, 6) is 0. The molecule has 0 aliphatic heterocycles. The van der Waals surface area contributed by atoms with Gasteiger partial charge in [-0.05, 0) is 19.4 Å². The van der Waals surface area contributed by atoms with Crippen LogP contribution < -0.4 is 0 Å². The lowest BCUT2D eigenvalue weighted by Crippen LogP contribution is -2.32. The molecule has 70 valence electrons. The van der Waals surface area contributed by atoms with Gasteiger partial charge in [0.2, 0.25) is 0 Å². The van der Waals surface area contributed by atoms with Gasteiger partial charge < -0.3 is 5.11 Å². The van der Waals surface area contributed by atoms with Crippen molar-refractivity contribution in [3.63, 3.8) is 0 Å². The number of hydrogen-bond donors (Lipinski definition) is 1. The summed E-state index contributed by atoms with van der Waals surface area (Å²) in [6, 6.07) is 9.93. The van der Waals surface area contributed by atoms with Crippen molar-refractivity contribution < 1.29 is 5.11 Å². The van der Waals surface area contributed by atoms with Gasteiger partial charge in [-0.1, -0.05) is 36.4 Å². The molecular weight excluding hydrogens is 160 g/mol. The molecule has 1 nitrogen and oxygen atoms in total. The first-order valence-corrected chi connectivity index (χ1v) is 4.48. The number of hydrogen-bond acceptors (Lipinski definition) is 1. The monoisotopic (exact) mass is 176 g/mol. The first-order valence-electron chi connectivity index (χ1n) is 4.48. The Balaban J connectivity index is 3.10. The summed E-state index contributed by atoms with van der Waals surface area (Å²) in [4.78, 5) is 0. The van der Waals surface area contributed by atoms with Crippen LogP contribution in [0.5, 0.6) is 0 Å². The van der Waals surface area contributed by atoms with E-state index in [-0.39, 0.29) is 5.41 Å². The lowest BCUT2D eigenvalue weighted by Gasteiger charge is -2.29. The van der Waals surface area contributed by atoms with Crippen LogP contribution in [0, 0.1) is 0 Å². The Morgan fingerprint density at radius 2 is 1.92 bits per heavy atom. The van der Waals surface area contributed by atoms with Crippen LogP contribution in [-0.4, -0.2) is 11.2 Å². The van der Waals surface area contributed by atoms with Gasteiger partial charge in [0.1, 0.15) is 0 Å². The molecular formula is C12H16O. The average molecular weight is 176 g/mol. The average Bonchev–Trinajstić information content (AvgIpc) is 2.17. The zero-order valence-corrected chi connectivity index (χ0v) is 8.20. The van der Waals surface area contributed by atoms with Crippen molar-refractivity contribution in [1.29, 1.82) is 0 Å². The molecule has 0 saturated heterocycles. The summed E-state index contributed by atoms with van der Waals surface area (Å²) in [6.07, 6.45) is 1.37. The molecule has 0 amide bonds. The largest absolute Gasteiger partial charge is 0.392 e. The third-order valence-electron chi connectivity index (χ3n) is 2.69. The number of rotatable bonds is 3. The smallest absolute Gasteiger partial charge is 0.0640 e. The molecule has 1 rings (SSSR count). The van der Waals surface area contributed by atoms with Crippen LogP contribution in [0.25, 0.3) is 0 Å². The number of benzene rings is 1. The van der Waals surface area contributed by atoms with Crippen molar-refractivity contribution in [2.45, 2.75) is 25.4 Å². The molecule has 2 atom stereocenters. The van der Waals surface area contributed by atoms with E-state index in [9.17, 15) is 5.11 Å². The highest BCUT2D eigenvalue weighted by Gasteiger charge is 2.27. The van der Waals surface area contributed by atoms with Gasteiger partial charge in [0.25, 0.3) is 0 Å². The molecule has 13 heavy (non-hydrogen) atoms. The van der Waals surface area contributed by atoms with Crippen LogP contribution in [-0.2, 0) is 5.41 Å². The van der Waals surface area contributed by atoms with Crippen LogP contribution >= 0.6 is 0 Å². The fraction of sp³-hybridized carbons (Fsp3) is 0.333. The van der Waals surface area contributed by atoms with Crippen molar-refractivity contribution in [1.82, 2.24) is 0 Å². The van der Waals surface area contributed by atoms with Crippen LogP contribution in [0.1, 0.15) is 19.4 Å². The predicted molar refractivity (Wildman–Crippen MR) is 55.7 cm³/mol. The van der Waals surface area contributed by atoms with Gasteiger partial charge in [-0.25, -0.2) is 0 Å². The Bertz CT molecular complexity index is 276. The van der Waals surface area contributed by atoms with E-state index in [4.69, 9.17) is 0 Å². The maximum absolute atomic E-state index is 9.65. The zero-order chi connectivity index (χ0) is 9.90. The predicted octanol–water partition coefficient (Wildman–Crippen LogP) is 2.51. The highest BCUT2D eigenvalue weighted by atomic mass is 16.3. The van der Waals surface area contributed by atoms with Crippen molar-refractivity contribution in [3.05, 3.63) is 48.6 Å².